The highest BCUT2D eigenvalue weighted by atomic mass is 16.7. The Hall–Kier alpha value is -1.92. The van der Waals surface area contributed by atoms with E-state index in [2.05, 4.69) is 4.74 Å². The van der Waals surface area contributed by atoms with Gasteiger partial charge in [0.2, 0.25) is 0 Å². The van der Waals surface area contributed by atoms with Crippen molar-refractivity contribution in [3.63, 3.8) is 0 Å². The van der Waals surface area contributed by atoms with Crippen molar-refractivity contribution in [3.8, 4) is 0 Å². The van der Waals surface area contributed by atoms with Crippen molar-refractivity contribution >= 4 is 23.9 Å². The van der Waals surface area contributed by atoms with Crippen LogP contribution in [0, 0.1) is 0 Å². The third kappa shape index (κ3) is 7.91. The number of hydrogen-bond donors (Lipinski definition) is 0. The van der Waals surface area contributed by atoms with Crippen molar-refractivity contribution in [2.24, 2.45) is 0 Å². The Kier molecular flexibility index (Phi) is 8.15. The van der Waals surface area contributed by atoms with E-state index in [1.165, 1.54) is 6.92 Å². The van der Waals surface area contributed by atoms with Crippen molar-refractivity contribution in [2.75, 3.05) is 0 Å². The number of carbonyl (C=O) groups is 4. The molecular formula is C12H18O7. The second-order valence-corrected chi connectivity index (χ2v) is 3.52. The van der Waals surface area contributed by atoms with Crippen LogP contribution >= 0.6 is 0 Å². The lowest BCUT2D eigenvalue weighted by molar-refractivity contribution is -0.191. The van der Waals surface area contributed by atoms with Crippen LogP contribution in [0.1, 0.15) is 46.5 Å². The summed E-state index contributed by atoms with van der Waals surface area (Å²) in [5, 5.41) is 0. The van der Waals surface area contributed by atoms with Gasteiger partial charge in [0.15, 0.2) is 0 Å². The molecule has 0 aromatic rings. The molecule has 0 N–H and O–H groups in total. The Morgan fingerprint density at radius 1 is 0.737 bits per heavy atom. The standard InChI is InChI=1S/C12H18O7/c1-4-8(13)17-11(16)7-12(18-9(14)5-2)19-10(15)6-3/h12H,4-7H2,1-3H3. The molecule has 0 bridgehead atoms. The lowest BCUT2D eigenvalue weighted by Crippen LogP contribution is -2.28. The molecule has 0 atom stereocenters. The summed E-state index contributed by atoms with van der Waals surface area (Å²) in [6.45, 7) is 4.64. The van der Waals surface area contributed by atoms with E-state index in [0.29, 0.717) is 0 Å². The predicted octanol–water partition coefficient (Wildman–Crippen LogP) is 1.09. The monoisotopic (exact) mass is 274 g/mol. The van der Waals surface area contributed by atoms with Crippen LogP contribution in [0.25, 0.3) is 0 Å². The molecule has 0 saturated carbocycles. The number of hydrogen-bond acceptors (Lipinski definition) is 7. The summed E-state index contributed by atoms with van der Waals surface area (Å²) >= 11 is 0. The number of carbonyl (C=O) groups excluding carboxylic acids is 4. The average Bonchev–Trinajstić information content (AvgIpc) is 2.37. The van der Waals surface area contributed by atoms with Crippen molar-refractivity contribution in [3.05, 3.63) is 0 Å². The van der Waals surface area contributed by atoms with E-state index in [1.54, 1.807) is 13.8 Å². The van der Waals surface area contributed by atoms with E-state index in [-0.39, 0.29) is 19.3 Å². The topological polar surface area (TPSA) is 96.0 Å². The average molecular weight is 274 g/mol. The van der Waals surface area contributed by atoms with E-state index >= 15 is 0 Å². The van der Waals surface area contributed by atoms with Gasteiger partial charge in [0.1, 0.15) is 6.42 Å². The highest BCUT2D eigenvalue weighted by molar-refractivity contribution is 5.85. The van der Waals surface area contributed by atoms with E-state index in [4.69, 9.17) is 9.47 Å². The summed E-state index contributed by atoms with van der Waals surface area (Å²) in [6, 6.07) is 0. The normalized spacial score (nSPS) is 9.89. The Morgan fingerprint density at radius 3 is 1.53 bits per heavy atom. The molecule has 0 spiro atoms. The Labute approximate surface area is 111 Å². The second-order valence-electron chi connectivity index (χ2n) is 3.52. The van der Waals surface area contributed by atoms with Crippen LogP contribution < -0.4 is 0 Å². The first-order chi connectivity index (χ1) is 8.92. The lowest BCUT2D eigenvalue weighted by Gasteiger charge is -2.16. The number of esters is 4. The molecule has 0 aromatic carbocycles. The second kappa shape index (κ2) is 9.07. The zero-order chi connectivity index (χ0) is 14.8. The van der Waals surface area contributed by atoms with Gasteiger partial charge in [0.25, 0.3) is 6.29 Å². The molecule has 0 amide bonds. The Balaban J connectivity index is 4.47. The highest BCUT2D eigenvalue weighted by Gasteiger charge is 2.23. The fraction of sp³-hybridized carbons (Fsp3) is 0.667. The first kappa shape index (κ1) is 17.1. The Morgan fingerprint density at radius 2 is 1.16 bits per heavy atom. The molecule has 0 rings (SSSR count). The summed E-state index contributed by atoms with van der Waals surface area (Å²) in [6.07, 6.45) is -1.69. The van der Waals surface area contributed by atoms with Crippen LogP contribution in [-0.2, 0) is 33.4 Å². The van der Waals surface area contributed by atoms with Crippen LogP contribution in [0.4, 0.5) is 0 Å². The maximum Gasteiger partial charge on any atom is 0.321 e. The van der Waals surface area contributed by atoms with E-state index in [0.717, 1.165) is 0 Å². The number of ether oxygens (including phenoxy) is 3. The minimum atomic E-state index is -1.36. The van der Waals surface area contributed by atoms with Crippen LogP contribution in [0.3, 0.4) is 0 Å². The van der Waals surface area contributed by atoms with Crippen LogP contribution in [0.2, 0.25) is 0 Å². The summed E-state index contributed by atoms with van der Waals surface area (Å²) in [7, 11) is 0. The summed E-state index contributed by atoms with van der Waals surface area (Å²) < 4.78 is 13.9. The number of rotatable bonds is 7. The van der Waals surface area contributed by atoms with Crippen LogP contribution in [0.5, 0.6) is 0 Å². The lowest BCUT2D eigenvalue weighted by atomic mass is 10.4. The molecule has 0 unspecified atom stereocenters. The molecule has 0 fully saturated rings. The van der Waals surface area contributed by atoms with Gasteiger partial charge in [-0.05, 0) is 0 Å². The summed E-state index contributed by atoms with van der Waals surface area (Å²) in [5.74, 6) is -2.86. The largest absolute Gasteiger partial charge is 0.424 e. The fourth-order valence-corrected chi connectivity index (χ4v) is 0.944. The van der Waals surface area contributed by atoms with Gasteiger partial charge in [-0.2, -0.15) is 0 Å². The maximum absolute atomic E-state index is 11.3. The molecule has 0 aliphatic heterocycles. The molecule has 7 heteroatoms. The van der Waals surface area contributed by atoms with Gasteiger partial charge in [-0.3, -0.25) is 19.2 Å². The van der Waals surface area contributed by atoms with Gasteiger partial charge in [-0.15, -0.1) is 0 Å². The van der Waals surface area contributed by atoms with Gasteiger partial charge in [-0.1, -0.05) is 20.8 Å². The third-order valence-corrected chi connectivity index (χ3v) is 1.95. The van der Waals surface area contributed by atoms with Crippen molar-refractivity contribution in [1.29, 1.82) is 0 Å². The summed E-state index contributed by atoms with van der Waals surface area (Å²) in [5.41, 5.74) is 0. The van der Waals surface area contributed by atoms with Gasteiger partial charge < -0.3 is 14.2 Å². The first-order valence-electron chi connectivity index (χ1n) is 6.05. The molecule has 0 aliphatic rings. The molecule has 108 valence electrons. The third-order valence-electron chi connectivity index (χ3n) is 1.95. The molecule has 0 heterocycles. The summed E-state index contributed by atoms with van der Waals surface area (Å²) in [4.78, 5) is 44.5. The van der Waals surface area contributed by atoms with Gasteiger partial charge >= 0.3 is 23.9 Å². The van der Waals surface area contributed by atoms with E-state index < -0.39 is 36.6 Å². The minimum absolute atomic E-state index is 0.0416. The minimum Gasteiger partial charge on any atom is -0.424 e. The van der Waals surface area contributed by atoms with E-state index in [1.807, 2.05) is 0 Å². The van der Waals surface area contributed by atoms with Crippen molar-refractivity contribution < 1.29 is 33.4 Å². The van der Waals surface area contributed by atoms with Crippen LogP contribution in [0.15, 0.2) is 0 Å². The van der Waals surface area contributed by atoms with Crippen molar-refractivity contribution in [1.82, 2.24) is 0 Å². The molecule has 19 heavy (non-hydrogen) atoms. The van der Waals surface area contributed by atoms with Crippen LogP contribution in [-0.4, -0.2) is 30.2 Å². The highest BCUT2D eigenvalue weighted by Crippen LogP contribution is 2.07. The maximum atomic E-state index is 11.3. The van der Waals surface area contributed by atoms with Gasteiger partial charge in [0, 0.05) is 19.3 Å². The van der Waals surface area contributed by atoms with Crippen molar-refractivity contribution in [2.45, 2.75) is 52.7 Å². The fourth-order valence-electron chi connectivity index (χ4n) is 0.944. The molecule has 0 radical (unpaired) electrons. The van der Waals surface area contributed by atoms with E-state index in [9.17, 15) is 19.2 Å². The zero-order valence-corrected chi connectivity index (χ0v) is 11.3. The van der Waals surface area contributed by atoms with Gasteiger partial charge in [0.05, 0.1) is 0 Å². The SMILES string of the molecule is CCC(=O)OC(=O)CC(OC(=O)CC)OC(=O)CC. The quantitative estimate of drug-likeness (QED) is 0.389. The smallest absolute Gasteiger partial charge is 0.321 e. The first-order valence-corrected chi connectivity index (χ1v) is 6.05. The molecule has 7 nitrogen and oxygen atoms in total. The molecule has 0 aromatic heterocycles. The molecule has 0 aliphatic carbocycles. The van der Waals surface area contributed by atoms with Gasteiger partial charge in [-0.25, -0.2) is 0 Å². The molecule has 0 saturated heterocycles. The predicted molar refractivity (Wildman–Crippen MR) is 62.6 cm³/mol. The molecular weight excluding hydrogens is 256 g/mol. The zero-order valence-electron chi connectivity index (χ0n) is 11.3. The Bertz CT molecular complexity index is 330.